The van der Waals surface area contributed by atoms with E-state index in [1.54, 1.807) is 12.1 Å². The highest BCUT2D eigenvalue weighted by Gasteiger charge is 2.32. The van der Waals surface area contributed by atoms with Crippen LogP contribution in [-0.2, 0) is 11.8 Å². The van der Waals surface area contributed by atoms with Crippen LogP contribution in [0, 0.1) is 13.8 Å². The lowest BCUT2D eigenvalue weighted by Gasteiger charge is -2.26. The van der Waals surface area contributed by atoms with Crippen LogP contribution >= 0.6 is 6.04 Å². The fraction of sp³-hybridized carbons (Fsp3) is 0.0625. The maximum atomic E-state index is 11.2. The smallest absolute Gasteiger partial charge is 0.143 e. The maximum Gasteiger partial charge on any atom is 0.143 e. The maximum absolute atomic E-state index is 11.2. The summed E-state index contributed by atoms with van der Waals surface area (Å²) in [5.41, 5.74) is 4.50. The van der Waals surface area contributed by atoms with Gasteiger partial charge < -0.3 is 5.11 Å². The van der Waals surface area contributed by atoms with Crippen LogP contribution in [-0.4, -0.2) is 5.11 Å². The lowest BCUT2D eigenvalue weighted by atomic mass is 10.2. The van der Waals surface area contributed by atoms with Crippen LogP contribution in [0.3, 0.4) is 0 Å². The van der Waals surface area contributed by atoms with E-state index in [1.165, 1.54) is 0 Å². The molecule has 5 rings (SSSR count). The third kappa shape index (κ3) is 5.78. The average Bonchev–Trinajstić information content (AvgIpc) is 2.98. The first-order valence-corrected chi connectivity index (χ1v) is 15.3. The largest absolute Gasteiger partial charge is 0.506 e. The Morgan fingerprint density at radius 2 is 1.00 bits per heavy atom. The predicted molar refractivity (Wildman–Crippen MR) is 165 cm³/mol. The van der Waals surface area contributed by atoms with E-state index in [0.29, 0.717) is 22.4 Å². The summed E-state index contributed by atoms with van der Waals surface area (Å²) in [7, 11) is 0. The summed E-state index contributed by atoms with van der Waals surface area (Å²) < 4.78 is 0. The van der Waals surface area contributed by atoms with Crippen molar-refractivity contribution in [2.75, 3.05) is 0 Å². The third-order valence-corrected chi connectivity index (χ3v) is 11.2. The van der Waals surface area contributed by atoms with Crippen molar-refractivity contribution in [2.45, 2.75) is 13.8 Å². The van der Waals surface area contributed by atoms with Gasteiger partial charge in [0.1, 0.15) is 11.4 Å². The predicted octanol–water partition coefficient (Wildman–Crippen LogP) is 8.60. The van der Waals surface area contributed by atoms with Crippen LogP contribution in [0.2, 0.25) is 0 Å². The summed E-state index contributed by atoms with van der Waals surface area (Å²) in [6.45, 7) is 4.04. The lowest BCUT2D eigenvalue weighted by Crippen LogP contribution is -2.25. The van der Waals surface area contributed by atoms with E-state index in [9.17, 15) is 5.11 Å². The lowest BCUT2D eigenvalue weighted by molar-refractivity contribution is 0.477. The molecule has 39 heavy (non-hydrogen) atoms. The standard InChI is InChI=1S/C32H27N4OPS/c1-23-13-17-25(18-14-23)33-35-29-21-22-30(37)31(36-34-26-19-15-24(2)16-20-26)32(29)38(39,27-9-5-3-6-10-27)28-11-7-4-8-12-28/h3-22,37H,1-2H3. The van der Waals surface area contributed by atoms with Gasteiger partial charge in [0.2, 0.25) is 0 Å². The summed E-state index contributed by atoms with van der Waals surface area (Å²) in [6, 6.07) is 36.0. The zero-order valence-corrected chi connectivity index (χ0v) is 23.3. The van der Waals surface area contributed by atoms with Crippen LogP contribution in [0.4, 0.5) is 22.7 Å². The molecule has 5 aromatic rings. The van der Waals surface area contributed by atoms with Gasteiger partial charge in [-0.2, -0.15) is 10.2 Å². The van der Waals surface area contributed by atoms with Crippen molar-refractivity contribution < 1.29 is 5.11 Å². The molecule has 0 atom stereocenters. The minimum absolute atomic E-state index is 0.0174. The number of hydrogen-bond donors (Lipinski definition) is 1. The molecule has 0 aliphatic heterocycles. The number of aryl methyl sites for hydroxylation is 2. The number of benzene rings is 5. The Kier molecular flexibility index (Phi) is 7.87. The van der Waals surface area contributed by atoms with Crippen LogP contribution in [0.1, 0.15) is 11.1 Å². The number of hydrogen-bond acceptors (Lipinski definition) is 6. The van der Waals surface area contributed by atoms with Gasteiger partial charge in [0.15, 0.2) is 0 Å². The van der Waals surface area contributed by atoms with Crippen molar-refractivity contribution in [1.29, 1.82) is 0 Å². The quantitative estimate of drug-likeness (QED) is 0.164. The molecule has 7 heteroatoms. The highest BCUT2D eigenvalue weighted by molar-refractivity contribution is 8.25. The molecule has 0 radical (unpaired) electrons. The van der Waals surface area contributed by atoms with Crippen LogP contribution in [0.15, 0.2) is 142 Å². The molecule has 0 fully saturated rings. The monoisotopic (exact) mass is 546 g/mol. The Hall–Kier alpha value is -4.25. The van der Waals surface area contributed by atoms with Gasteiger partial charge in [0.25, 0.3) is 0 Å². The van der Waals surface area contributed by atoms with Crippen molar-refractivity contribution >= 4 is 56.5 Å². The summed E-state index contributed by atoms with van der Waals surface area (Å²) in [6.07, 6.45) is 0. The van der Waals surface area contributed by atoms with E-state index in [2.05, 4.69) is 20.5 Å². The van der Waals surface area contributed by atoms with E-state index in [1.807, 2.05) is 123 Å². The second kappa shape index (κ2) is 11.6. The SMILES string of the molecule is Cc1ccc(N=Nc2ccc(O)c(N=Nc3ccc(C)cc3)c2P(=S)(c2ccccc2)c2ccccc2)cc1. The number of phenolic OH excluding ortho intramolecular Hbond substituents is 1. The van der Waals surface area contributed by atoms with Crippen molar-refractivity contribution in [1.82, 2.24) is 0 Å². The number of phenols is 1. The Morgan fingerprint density at radius 3 is 1.49 bits per heavy atom. The Balaban J connectivity index is 1.78. The number of rotatable bonds is 7. The fourth-order valence-electron chi connectivity index (χ4n) is 4.17. The fourth-order valence-corrected chi connectivity index (χ4v) is 8.34. The number of azo groups is 2. The number of aromatic hydroxyl groups is 1. The molecule has 0 saturated heterocycles. The van der Waals surface area contributed by atoms with Gasteiger partial charge in [-0.15, -0.1) is 10.2 Å². The highest BCUT2D eigenvalue weighted by Crippen LogP contribution is 2.51. The summed E-state index contributed by atoms with van der Waals surface area (Å²) in [5, 5.41) is 31.9. The molecular formula is C32H27N4OPS. The second-order valence-corrected chi connectivity index (χ2v) is 13.5. The Morgan fingerprint density at radius 1 is 0.538 bits per heavy atom. The molecule has 0 heterocycles. The van der Waals surface area contributed by atoms with Crippen LogP contribution < -0.4 is 15.9 Å². The molecule has 0 saturated carbocycles. The minimum atomic E-state index is -2.77. The molecular weight excluding hydrogens is 519 g/mol. The zero-order chi connectivity index (χ0) is 27.2. The van der Waals surface area contributed by atoms with Crippen molar-refractivity contribution in [2.24, 2.45) is 20.5 Å². The Bertz CT molecular complexity index is 1640. The van der Waals surface area contributed by atoms with Gasteiger partial charge in [-0.05, 0) is 60.9 Å². The van der Waals surface area contributed by atoms with E-state index in [-0.39, 0.29) is 5.75 Å². The average molecular weight is 547 g/mol. The molecule has 0 aliphatic carbocycles. The molecule has 0 spiro atoms. The van der Waals surface area contributed by atoms with Gasteiger partial charge in [0.05, 0.1) is 22.4 Å². The van der Waals surface area contributed by atoms with Crippen molar-refractivity contribution in [3.63, 3.8) is 0 Å². The topological polar surface area (TPSA) is 69.7 Å². The first kappa shape index (κ1) is 26.4. The molecule has 0 aliphatic rings. The highest BCUT2D eigenvalue weighted by atomic mass is 32.4. The summed E-state index contributed by atoms with van der Waals surface area (Å²) in [4.78, 5) is 0. The minimum Gasteiger partial charge on any atom is -0.506 e. The van der Waals surface area contributed by atoms with E-state index in [4.69, 9.17) is 11.8 Å². The summed E-state index contributed by atoms with van der Waals surface area (Å²) >= 11 is 6.63. The molecule has 0 aromatic heterocycles. The second-order valence-electron chi connectivity index (χ2n) is 9.15. The number of nitrogens with zero attached hydrogens (tertiary/aromatic N) is 4. The van der Waals surface area contributed by atoms with Gasteiger partial charge in [-0.3, -0.25) is 0 Å². The van der Waals surface area contributed by atoms with E-state index < -0.39 is 6.04 Å². The van der Waals surface area contributed by atoms with Gasteiger partial charge in [-0.25, -0.2) is 0 Å². The van der Waals surface area contributed by atoms with E-state index >= 15 is 0 Å². The van der Waals surface area contributed by atoms with Gasteiger partial charge in [0, 0.05) is 6.04 Å². The molecule has 0 bridgehead atoms. The third-order valence-electron chi connectivity index (χ3n) is 6.27. The van der Waals surface area contributed by atoms with Crippen molar-refractivity contribution in [3.05, 3.63) is 132 Å². The molecule has 192 valence electrons. The van der Waals surface area contributed by atoms with Crippen LogP contribution in [0.25, 0.3) is 0 Å². The van der Waals surface area contributed by atoms with Gasteiger partial charge >= 0.3 is 0 Å². The van der Waals surface area contributed by atoms with Gasteiger partial charge in [-0.1, -0.05) is 108 Å². The van der Waals surface area contributed by atoms with E-state index in [0.717, 1.165) is 27.4 Å². The molecule has 5 nitrogen and oxygen atoms in total. The summed E-state index contributed by atoms with van der Waals surface area (Å²) in [5.74, 6) is -0.0174. The zero-order valence-electron chi connectivity index (χ0n) is 21.6. The van der Waals surface area contributed by atoms with Crippen LogP contribution in [0.5, 0.6) is 5.75 Å². The normalized spacial score (nSPS) is 11.8. The Labute approximate surface area is 233 Å². The molecule has 0 unspecified atom stereocenters. The molecule has 0 amide bonds. The molecule has 1 N–H and O–H groups in total. The first-order valence-electron chi connectivity index (χ1n) is 12.5. The first-order chi connectivity index (χ1) is 18.9. The van der Waals surface area contributed by atoms with Crippen molar-refractivity contribution in [3.8, 4) is 5.75 Å². The molecule has 5 aromatic carbocycles.